The number of para-hydroxylation sites is 1. The fourth-order valence-corrected chi connectivity index (χ4v) is 1.13. The highest BCUT2D eigenvalue weighted by molar-refractivity contribution is 5.35. The van der Waals surface area contributed by atoms with Gasteiger partial charge < -0.3 is 4.74 Å². The SMILES string of the molecule is Cc1ccccc1OCC(C)(C)N=C=O. The van der Waals surface area contributed by atoms with Gasteiger partial charge in [0.05, 0.1) is 0 Å². The monoisotopic (exact) mass is 205 g/mol. The second kappa shape index (κ2) is 4.76. The van der Waals surface area contributed by atoms with E-state index in [-0.39, 0.29) is 0 Å². The summed E-state index contributed by atoms with van der Waals surface area (Å²) in [5.41, 5.74) is 0.549. The van der Waals surface area contributed by atoms with Gasteiger partial charge in [-0.2, -0.15) is 4.99 Å². The predicted molar refractivity (Wildman–Crippen MR) is 58.9 cm³/mol. The molecule has 3 nitrogen and oxygen atoms in total. The number of nitrogens with zero attached hydrogens (tertiary/aromatic N) is 1. The Morgan fingerprint density at radius 1 is 1.40 bits per heavy atom. The number of ether oxygens (including phenoxy) is 1. The molecule has 0 aliphatic carbocycles. The van der Waals surface area contributed by atoms with Crippen molar-refractivity contribution in [3.05, 3.63) is 29.8 Å². The Balaban J connectivity index is 2.65. The maximum atomic E-state index is 10.2. The molecule has 0 N–H and O–H groups in total. The zero-order valence-electron chi connectivity index (χ0n) is 9.28. The predicted octanol–water partition coefficient (Wildman–Crippen LogP) is 2.49. The number of rotatable bonds is 4. The highest BCUT2D eigenvalue weighted by Crippen LogP contribution is 2.18. The molecule has 0 aliphatic rings. The standard InChI is InChI=1S/C12H15NO2/c1-10-6-4-5-7-11(10)15-8-12(2,3)13-9-14/h4-7H,8H2,1-3H3. The van der Waals surface area contributed by atoms with Crippen LogP contribution in [0.4, 0.5) is 0 Å². The average Bonchev–Trinajstić information content (AvgIpc) is 2.16. The molecule has 0 unspecified atom stereocenters. The summed E-state index contributed by atoms with van der Waals surface area (Å²) in [6.07, 6.45) is 1.55. The van der Waals surface area contributed by atoms with E-state index in [1.165, 1.54) is 0 Å². The van der Waals surface area contributed by atoms with Crippen LogP contribution in [0.25, 0.3) is 0 Å². The van der Waals surface area contributed by atoms with Crippen LogP contribution in [0.3, 0.4) is 0 Å². The first kappa shape index (κ1) is 11.5. The van der Waals surface area contributed by atoms with Gasteiger partial charge in [0.2, 0.25) is 6.08 Å². The molecular formula is C12H15NO2. The van der Waals surface area contributed by atoms with Crippen LogP contribution in [0.5, 0.6) is 5.75 Å². The summed E-state index contributed by atoms with van der Waals surface area (Å²) in [7, 11) is 0. The molecule has 0 heterocycles. The molecule has 0 fully saturated rings. The Kier molecular flexibility index (Phi) is 3.64. The fraction of sp³-hybridized carbons (Fsp3) is 0.417. The lowest BCUT2D eigenvalue weighted by molar-refractivity contribution is 0.243. The van der Waals surface area contributed by atoms with Crippen LogP contribution in [0.2, 0.25) is 0 Å². The molecule has 0 aliphatic heterocycles. The van der Waals surface area contributed by atoms with E-state index in [1.54, 1.807) is 6.08 Å². The van der Waals surface area contributed by atoms with Crippen LogP contribution in [0.15, 0.2) is 29.3 Å². The Bertz CT molecular complexity index is 379. The normalized spacial score (nSPS) is 10.6. The van der Waals surface area contributed by atoms with Gasteiger partial charge in [-0.05, 0) is 32.4 Å². The molecule has 80 valence electrons. The number of aryl methyl sites for hydroxylation is 1. The van der Waals surface area contributed by atoms with E-state index in [1.807, 2.05) is 45.0 Å². The molecule has 15 heavy (non-hydrogen) atoms. The summed E-state index contributed by atoms with van der Waals surface area (Å²) in [4.78, 5) is 13.8. The first-order chi connectivity index (χ1) is 7.05. The maximum Gasteiger partial charge on any atom is 0.235 e. The Hall–Kier alpha value is -1.60. The van der Waals surface area contributed by atoms with Crippen LogP contribution in [-0.4, -0.2) is 18.2 Å². The van der Waals surface area contributed by atoms with E-state index < -0.39 is 5.54 Å². The van der Waals surface area contributed by atoms with Gasteiger partial charge in [-0.25, -0.2) is 4.79 Å². The number of isocyanates is 1. The van der Waals surface area contributed by atoms with Crippen molar-refractivity contribution >= 4 is 6.08 Å². The zero-order chi connectivity index (χ0) is 11.3. The number of hydrogen-bond acceptors (Lipinski definition) is 3. The molecule has 0 aromatic heterocycles. The largest absolute Gasteiger partial charge is 0.491 e. The molecule has 0 saturated heterocycles. The van der Waals surface area contributed by atoms with Crippen molar-refractivity contribution in [1.82, 2.24) is 0 Å². The summed E-state index contributed by atoms with van der Waals surface area (Å²) in [5, 5.41) is 0. The van der Waals surface area contributed by atoms with Gasteiger partial charge in [0.1, 0.15) is 17.9 Å². The Morgan fingerprint density at radius 2 is 2.07 bits per heavy atom. The molecule has 0 bridgehead atoms. The maximum absolute atomic E-state index is 10.2. The summed E-state index contributed by atoms with van der Waals surface area (Å²) in [6.45, 7) is 6.00. The minimum atomic E-state index is -0.524. The van der Waals surface area contributed by atoms with E-state index >= 15 is 0 Å². The molecule has 0 radical (unpaired) electrons. The summed E-state index contributed by atoms with van der Waals surface area (Å²) in [6, 6.07) is 7.75. The topological polar surface area (TPSA) is 38.7 Å². The Labute approximate surface area is 89.8 Å². The third-order valence-electron chi connectivity index (χ3n) is 2.02. The van der Waals surface area contributed by atoms with Crippen molar-refractivity contribution in [2.24, 2.45) is 4.99 Å². The van der Waals surface area contributed by atoms with Crippen molar-refractivity contribution in [3.8, 4) is 5.75 Å². The van der Waals surface area contributed by atoms with E-state index in [4.69, 9.17) is 4.74 Å². The molecule has 0 saturated carbocycles. The smallest absolute Gasteiger partial charge is 0.235 e. The molecular weight excluding hydrogens is 190 g/mol. The molecule has 1 aromatic carbocycles. The minimum absolute atomic E-state index is 0.368. The third kappa shape index (κ3) is 3.56. The van der Waals surface area contributed by atoms with E-state index in [0.717, 1.165) is 11.3 Å². The quantitative estimate of drug-likeness (QED) is 0.559. The molecule has 0 spiro atoms. The van der Waals surface area contributed by atoms with Crippen LogP contribution < -0.4 is 4.74 Å². The molecule has 1 rings (SSSR count). The van der Waals surface area contributed by atoms with Gasteiger partial charge in [-0.3, -0.25) is 0 Å². The Morgan fingerprint density at radius 3 is 2.67 bits per heavy atom. The molecule has 1 aromatic rings. The second-order valence-electron chi connectivity index (χ2n) is 4.07. The summed E-state index contributed by atoms with van der Waals surface area (Å²) >= 11 is 0. The van der Waals surface area contributed by atoms with E-state index in [0.29, 0.717) is 6.61 Å². The molecule has 3 heteroatoms. The van der Waals surface area contributed by atoms with Gasteiger partial charge in [0.15, 0.2) is 0 Å². The highest BCUT2D eigenvalue weighted by Gasteiger charge is 2.17. The van der Waals surface area contributed by atoms with E-state index in [9.17, 15) is 4.79 Å². The minimum Gasteiger partial charge on any atom is -0.491 e. The van der Waals surface area contributed by atoms with Crippen molar-refractivity contribution in [3.63, 3.8) is 0 Å². The fourth-order valence-electron chi connectivity index (χ4n) is 1.13. The van der Waals surface area contributed by atoms with Gasteiger partial charge in [0, 0.05) is 0 Å². The number of hydrogen-bond donors (Lipinski definition) is 0. The lowest BCUT2D eigenvalue weighted by atomic mass is 10.1. The summed E-state index contributed by atoms with van der Waals surface area (Å²) in [5.74, 6) is 0.826. The van der Waals surface area contributed by atoms with Gasteiger partial charge in [-0.15, -0.1) is 0 Å². The van der Waals surface area contributed by atoms with Crippen LogP contribution in [-0.2, 0) is 4.79 Å². The van der Waals surface area contributed by atoms with Crippen LogP contribution in [0.1, 0.15) is 19.4 Å². The highest BCUT2D eigenvalue weighted by atomic mass is 16.5. The van der Waals surface area contributed by atoms with Crippen molar-refractivity contribution in [2.45, 2.75) is 26.3 Å². The van der Waals surface area contributed by atoms with Crippen molar-refractivity contribution in [1.29, 1.82) is 0 Å². The number of aliphatic imine (C=N–C) groups is 1. The van der Waals surface area contributed by atoms with Crippen LogP contribution in [0, 0.1) is 6.92 Å². The third-order valence-corrected chi connectivity index (χ3v) is 2.02. The van der Waals surface area contributed by atoms with Gasteiger partial charge in [0.25, 0.3) is 0 Å². The zero-order valence-corrected chi connectivity index (χ0v) is 9.28. The van der Waals surface area contributed by atoms with Gasteiger partial charge in [-0.1, -0.05) is 18.2 Å². The molecule has 0 amide bonds. The lowest BCUT2D eigenvalue weighted by Gasteiger charge is -2.18. The van der Waals surface area contributed by atoms with Crippen LogP contribution >= 0.6 is 0 Å². The number of carbonyl (C=O) groups excluding carboxylic acids is 1. The summed E-state index contributed by atoms with van der Waals surface area (Å²) < 4.78 is 5.58. The van der Waals surface area contributed by atoms with Crippen molar-refractivity contribution in [2.75, 3.05) is 6.61 Å². The van der Waals surface area contributed by atoms with E-state index in [2.05, 4.69) is 4.99 Å². The first-order valence-corrected chi connectivity index (χ1v) is 4.83. The average molecular weight is 205 g/mol. The second-order valence-corrected chi connectivity index (χ2v) is 4.07. The first-order valence-electron chi connectivity index (χ1n) is 4.83. The molecule has 0 atom stereocenters. The lowest BCUT2D eigenvalue weighted by Crippen LogP contribution is -2.26. The van der Waals surface area contributed by atoms with Crippen molar-refractivity contribution < 1.29 is 9.53 Å². The number of benzene rings is 1. The van der Waals surface area contributed by atoms with Gasteiger partial charge >= 0.3 is 0 Å².